The Morgan fingerprint density at radius 2 is 2.07 bits per heavy atom. The van der Waals surface area contributed by atoms with Crippen LogP contribution in [0, 0.1) is 11.8 Å². The van der Waals surface area contributed by atoms with Gasteiger partial charge in [-0.05, 0) is 30.9 Å². The Balaban J connectivity index is 1.52. The minimum absolute atomic E-state index is 0.0111. The highest BCUT2D eigenvalue weighted by Crippen LogP contribution is 2.34. The van der Waals surface area contributed by atoms with Gasteiger partial charge in [-0.3, -0.25) is 9.59 Å². The monoisotopic (exact) mass is 384 g/mol. The average molecular weight is 384 g/mol. The van der Waals surface area contributed by atoms with Crippen molar-refractivity contribution in [3.05, 3.63) is 36.1 Å². The van der Waals surface area contributed by atoms with Gasteiger partial charge in [-0.15, -0.1) is 0 Å². The molecule has 28 heavy (non-hydrogen) atoms. The molecule has 4 atom stereocenters. The maximum atomic E-state index is 13.3. The zero-order chi connectivity index (χ0) is 19.8. The van der Waals surface area contributed by atoms with Crippen molar-refractivity contribution < 1.29 is 18.7 Å². The molecule has 2 aliphatic rings. The molecule has 150 valence electrons. The van der Waals surface area contributed by atoms with Gasteiger partial charge < -0.3 is 19.4 Å². The molecule has 0 bridgehead atoms. The Morgan fingerprint density at radius 3 is 2.82 bits per heavy atom. The van der Waals surface area contributed by atoms with E-state index in [1.54, 1.807) is 6.07 Å². The van der Waals surface area contributed by atoms with Gasteiger partial charge in [0.2, 0.25) is 5.91 Å². The number of nitrogens with one attached hydrogen (secondary N) is 1. The van der Waals surface area contributed by atoms with Gasteiger partial charge in [0.1, 0.15) is 11.6 Å². The summed E-state index contributed by atoms with van der Waals surface area (Å²) in [6, 6.07) is 8.78. The number of furan rings is 1. The molecular formula is C22H28N2O4. The van der Waals surface area contributed by atoms with Crippen LogP contribution in [0.1, 0.15) is 44.2 Å². The third kappa shape index (κ3) is 3.53. The standard InChI is InChI=1S/C22H28N2O4/c1-13(2)10-16(22(26)24-12-14(3)20-17(24)8-9-27-20)23-21(25)19-11-15-6-4-5-7-18(15)28-19/h4-7,11,13-14,16-17,20H,8-10,12H2,1-3H3,(H,23,25)/t14?,16-,17+,20?/m0/s1. The highest BCUT2D eigenvalue weighted by Gasteiger charge is 2.47. The molecule has 2 unspecified atom stereocenters. The van der Waals surface area contributed by atoms with Crippen molar-refractivity contribution in [2.45, 2.75) is 51.8 Å². The van der Waals surface area contributed by atoms with E-state index in [1.807, 2.05) is 29.2 Å². The smallest absolute Gasteiger partial charge is 0.287 e. The first kappa shape index (κ1) is 19.0. The number of benzene rings is 1. The number of carbonyl (C=O) groups excluding carboxylic acids is 2. The molecule has 6 nitrogen and oxygen atoms in total. The van der Waals surface area contributed by atoms with Crippen LogP contribution in [0.5, 0.6) is 0 Å². The summed E-state index contributed by atoms with van der Waals surface area (Å²) in [6.07, 6.45) is 1.58. The second-order valence-corrected chi connectivity index (χ2v) is 8.46. The number of ether oxygens (including phenoxy) is 1. The molecule has 2 saturated heterocycles. The first-order valence-corrected chi connectivity index (χ1v) is 10.2. The molecule has 2 fully saturated rings. The van der Waals surface area contributed by atoms with Gasteiger partial charge in [-0.25, -0.2) is 0 Å². The Morgan fingerprint density at radius 1 is 1.29 bits per heavy atom. The Labute approximate surface area is 165 Å². The van der Waals surface area contributed by atoms with Crippen LogP contribution < -0.4 is 5.32 Å². The fourth-order valence-corrected chi connectivity index (χ4v) is 4.50. The zero-order valence-electron chi connectivity index (χ0n) is 16.7. The molecule has 4 rings (SSSR count). The number of carbonyl (C=O) groups is 2. The number of hydrogen-bond donors (Lipinski definition) is 1. The van der Waals surface area contributed by atoms with Crippen LogP contribution in [0.15, 0.2) is 34.7 Å². The van der Waals surface area contributed by atoms with Crippen molar-refractivity contribution in [1.82, 2.24) is 10.2 Å². The van der Waals surface area contributed by atoms with Crippen molar-refractivity contribution in [3.63, 3.8) is 0 Å². The van der Waals surface area contributed by atoms with Gasteiger partial charge in [0, 0.05) is 24.5 Å². The molecule has 1 N–H and O–H groups in total. The van der Waals surface area contributed by atoms with E-state index in [0.717, 1.165) is 11.8 Å². The summed E-state index contributed by atoms with van der Waals surface area (Å²) in [4.78, 5) is 28.1. The number of fused-ring (bicyclic) bond motifs is 2. The molecule has 2 amide bonds. The first-order chi connectivity index (χ1) is 13.4. The van der Waals surface area contributed by atoms with Gasteiger partial charge in [0.15, 0.2) is 5.76 Å². The Kier molecular flexibility index (Phi) is 5.15. The molecule has 6 heteroatoms. The second kappa shape index (κ2) is 7.59. The highest BCUT2D eigenvalue weighted by atomic mass is 16.5. The summed E-state index contributed by atoms with van der Waals surface area (Å²) in [5.41, 5.74) is 0.665. The number of likely N-dealkylation sites (tertiary alicyclic amines) is 1. The van der Waals surface area contributed by atoms with Gasteiger partial charge in [-0.1, -0.05) is 39.0 Å². The van der Waals surface area contributed by atoms with E-state index in [4.69, 9.17) is 9.15 Å². The summed E-state index contributed by atoms with van der Waals surface area (Å²) in [6.45, 7) is 7.62. The minimum Gasteiger partial charge on any atom is -0.451 e. The summed E-state index contributed by atoms with van der Waals surface area (Å²) in [5, 5.41) is 3.81. The van der Waals surface area contributed by atoms with E-state index in [1.165, 1.54) is 0 Å². The van der Waals surface area contributed by atoms with Crippen LogP contribution in [-0.4, -0.2) is 48.1 Å². The quantitative estimate of drug-likeness (QED) is 0.859. The lowest BCUT2D eigenvalue weighted by Crippen LogP contribution is -2.51. The number of rotatable bonds is 5. The summed E-state index contributed by atoms with van der Waals surface area (Å²) in [7, 11) is 0. The number of para-hydroxylation sites is 1. The fourth-order valence-electron chi connectivity index (χ4n) is 4.50. The van der Waals surface area contributed by atoms with E-state index < -0.39 is 6.04 Å². The van der Waals surface area contributed by atoms with Crippen molar-refractivity contribution in [2.24, 2.45) is 11.8 Å². The van der Waals surface area contributed by atoms with Crippen molar-refractivity contribution >= 4 is 22.8 Å². The second-order valence-electron chi connectivity index (χ2n) is 8.46. The number of nitrogens with zero attached hydrogens (tertiary/aromatic N) is 1. The van der Waals surface area contributed by atoms with Crippen LogP contribution in [-0.2, 0) is 9.53 Å². The van der Waals surface area contributed by atoms with E-state index in [2.05, 4.69) is 26.1 Å². The summed E-state index contributed by atoms with van der Waals surface area (Å²) < 4.78 is 11.5. The van der Waals surface area contributed by atoms with Gasteiger partial charge in [0.05, 0.1) is 12.1 Å². The van der Waals surface area contributed by atoms with Crippen LogP contribution in [0.25, 0.3) is 11.0 Å². The van der Waals surface area contributed by atoms with Gasteiger partial charge in [0.25, 0.3) is 5.91 Å². The average Bonchev–Trinajstić information content (AvgIpc) is 3.36. The van der Waals surface area contributed by atoms with Crippen LogP contribution in [0.2, 0.25) is 0 Å². The molecule has 0 radical (unpaired) electrons. The third-order valence-corrected chi connectivity index (χ3v) is 5.79. The number of hydrogen-bond acceptors (Lipinski definition) is 4. The first-order valence-electron chi connectivity index (χ1n) is 10.2. The van der Waals surface area contributed by atoms with Crippen molar-refractivity contribution in [1.29, 1.82) is 0 Å². The highest BCUT2D eigenvalue weighted by molar-refractivity contribution is 5.98. The predicted molar refractivity (Wildman–Crippen MR) is 106 cm³/mol. The largest absolute Gasteiger partial charge is 0.451 e. The maximum Gasteiger partial charge on any atom is 0.287 e. The molecule has 3 heterocycles. The lowest BCUT2D eigenvalue weighted by Gasteiger charge is -2.29. The lowest BCUT2D eigenvalue weighted by atomic mass is 10.0. The van der Waals surface area contributed by atoms with Crippen LogP contribution >= 0.6 is 0 Å². The van der Waals surface area contributed by atoms with Gasteiger partial charge >= 0.3 is 0 Å². The van der Waals surface area contributed by atoms with E-state index in [0.29, 0.717) is 31.1 Å². The lowest BCUT2D eigenvalue weighted by molar-refractivity contribution is -0.134. The number of amides is 2. The summed E-state index contributed by atoms with van der Waals surface area (Å²) >= 11 is 0. The van der Waals surface area contributed by atoms with Crippen molar-refractivity contribution in [3.8, 4) is 0 Å². The minimum atomic E-state index is -0.563. The molecule has 0 saturated carbocycles. The molecule has 1 aromatic heterocycles. The van der Waals surface area contributed by atoms with E-state index in [9.17, 15) is 9.59 Å². The van der Waals surface area contributed by atoms with Crippen LogP contribution in [0.4, 0.5) is 0 Å². The third-order valence-electron chi connectivity index (χ3n) is 5.79. The molecule has 0 aliphatic carbocycles. The van der Waals surface area contributed by atoms with Gasteiger partial charge in [-0.2, -0.15) is 0 Å². The van der Waals surface area contributed by atoms with E-state index in [-0.39, 0.29) is 35.6 Å². The Hall–Kier alpha value is -2.34. The maximum absolute atomic E-state index is 13.3. The zero-order valence-corrected chi connectivity index (χ0v) is 16.7. The van der Waals surface area contributed by atoms with E-state index >= 15 is 0 Å². The molecular weight excluding hydrogens is 356 g/mol. The molecule has 1 aromatic carbocycles. The van der Waals surface area contributed by atoms with Crippen LogP contribution in [0.3, 0.4) is 0 Å². The van der Waals surface area contributed by atoms with Crippen molar-refractivity contribution in [2.75, 3.05) is 13.2 Å². The molecule has 2 aliphatic heterocycles. The summed E-state index contributed by atoms with van der Waals surface area (Å²) in [5.74, 6) is 0.479. The Bertz CT molecular complexity index is 841. The predicted octanol–water partition coefficient (Wildman–Crippen LogP) is 3.21. The SMILES string of the molecule is CC(C)C[C@H](NC(=O)c1cc2ccccc2o1)C(=O)N1CC(C)C2OCC[C@H]21. The normalized spacial score (nSPS) is 25.3. The fraction of sp³-hybridized carbons (Fsp3) is 0.545. The molecule has 2 aromatic rings. The molecule has 0 spiro atoms. The topological polar surface area (TPSA) is 71.8 Å².